The van der Waals surface area contributed by atoms with Gasteiger partial charge in [-0.15, -0.1) is 0 Å². The molecule has 0 N–H and O–H groups in total. The standard InChI is InChI=1S/C20H23NOS/c1-3-20(15-23-14-17-9-5-4-6-10-17)19-12-8-7-11-18(19)13-21(20)16(2)22/h4-12H,3,13-15H2,1-2H3. The lowest BCUT2D eigenvalue weighted by molar-refractivity contribution is -0.134. The van der Waals surface area contributed by atoms with Gasteiger partial charge < -0.3 is 4.90 Å². The predicted octanol–water partition coefficient (Wildman–Crippen LogP) is 4.59. The van der Waals surface area contributed by atoms with Crippen molar-refractivity contribution in [1.82, 2.24) is 4.90 Å². The van der Waals surface area contributed by atoms with Gasteiger partial charge in [0, 0.05) is 25.0 Å². The van der Waals surface area contributed by atoms with Crippen LogP contribution in [0.4, 0.5) is 0 Å². The summed E-state index contributed by atoms with van der Waals surface area (Å²) in [5.41, 5.74) is 3.80. The van der Waals surface area contributed by atoms with Crippen LogP contribution in [0.3, 0.4) is 0 Å². The third kappa shape index (κ3) is 3.02. The Hall–Kier alpha value is -1.74. The van der Waals surface area contributed by atoms with E-state index in [0.29, 0.717) is 0 Å². The minimum Gasteiger partial charge on any atom is -0.328 e. The van der Waals surface area contributed by atoms with Gasteiger partial charge in [0.05, 0.1) is 5.54 Å². The van der Waals surface area contributed by atoms with Crippen LogP contribution in [0.1, 0.15) is 37.0 Å². The van der Waals surface area contributed by atoms with Gasteiger partial charge in [-0.25, -0.2) is 0 Å². The summed E-state index contributed by atoms with van der Waals surface area (Å²) in [7, 11) is 0. The molecule has 2 aromatic carbocycles. The second kappa shape index (κ2) is 6.79. The van der Waals surface area contributed by atoms with Gasteiger partial charge in [0.2, 0.25) is 5.91 Å². The second-order valence-corrected chi connectivity index (χ2v) is 7.11. The Balaban J connectivity index is 1.83. The number of thioether (sulfide) groups is 1. The number of nitrogens with zero attached hydrogens (tertiary/aromatic N) is 1. The third-order valence-electron chi connectivity index (χ3n) is 4.78. The number of amides is 1. The Morgan fingerprint density at radius 2 is 1.83 bits per heavy atom. The maximum absolute atomic E-state index is 12.2. The van der Waals surface area contributed by atoms with Crippen molar-refractivity contribution in [1.29, 1.82) is 0 Å². The maximum atomic E-state index is 12.2. The third-order valence-corrected chi connectivity index (χ3v) is 6.00. The van der Waals surface area contributed by atoms with Gasteiger partial charge in [0.1, 0.15) is 0 Å². The molecular weight excluding hydrogens is 302 g/mol. The van der Waals surface area contributed by atoms with Crippen LogP contribution in [0.15, 0.2) is 54.6 Å². The molecule has 0 aliphatic carbocycles. The molecule has 2 nitrogen and oxygen atoms in total. The van der Waals surface area contributed by atoms with Gasteiger partial charge in [-0.3, -0.25) is 4.79 Å². The molecule has 120 valence electrons. The quantitative estimate of drug-likeness (QED) is 0.801. The smallest absolute Gasteiger partial charge is 0.220 e. The molecule has 1 atom stereocenters. The summed E-state index contributed by atoms with van der Waals surface area (Å²) in [6.07, 6.45) is 0.950. The van der Waals surface area contributed by atoms with Gasteiger partial charge in [-0.1, -0.05) is 61.5 Å². The second-order valence-electron chi connectivity index (χ2n) is 6.13. The van der Waals surface area contributed by atoms with E-state index in [4.69, 9.17) is 0 Å². The number of carbonyl (C=O) groups is 1. The van der Waals surface area contributed by atoms with E-state index in [0.717, 1.165) is 24.5 Å². The van der Waals surface area contributed by atoms with Crippen molar-refractivity contribution in [2.24, 2.45) is 0 Å². The highest BCUT2D eigenvalue weighted by Gasteiger charge is 2.44. The van der Waals surface area contributed by atoms with Crippen LogP contribution in [0.25, 0.3) is 0 Å². The molecule has 0 aromatic heterocycles. The lowest BCUT2D eigenvalue weighted by atomic mass is 9.89. The first-order chi connectivity index (χ1) is 11.2. The van der Waals surface area contributed by atoms with E-state index in [1.54, 1.807) is 6.92 Å². The molecule has 1 unspecified atom stereocenters. The van der Waals surface area contributed by atoms with E-state index in [9.17, 15) is 4.79 Å². The zero-order chi connectivity index (χ0) is 16.3. The Morgan fingerprint density at radius 3 is 2.52 bits per heavy atom. The zero-order valence-corrected chi connectivity index (χ0v) is 14.6. The van der Waals surface area contributed by atoms with E-state index in [1.807, 2.05) is 17.8 Å². The number of fused-ring (bicyclic) bond motifs is 1. The molecule has 23 heavy (non-hydrogen) atoms. The average Bonchev–Trinajstić information content (AvgIpc) is 2.91. The summed E-state index contributed by atoms with van der Waals surface area (Å²) >= 11 is 1.92. The molecule has 1 aliphatic heterocycles. The Morgan fingerprint density at radius 1 is 1.13 bits per heavy atom. The first-order valence-corrected chi connectivity index (χ1v) is 9.31. The summed E-state index contributed by atoms with van der Waals surface area (Å²) in [4.78, 5) is 14.3. The van der Waals surface area contributed by atoms with Crippen molar-refractivity contribution < 1.29 is 4.79 Å². The molecule has 0 fully saturated rings. The first-order valence-electron chi connectivity index (χ1n) is 8.15. The van der Waals surface area contributed by atoms with Crippen LogP contribution in [-0.2, 0) is 22.6 Å². The first kappa shape index (κ1) is 16.1. The van der Waals surface area contributed by atoms with Crippen molar-refractivity contribution in [2.75, 3.05) is 5.75 Å². The van der Waals surface area contributed by atoms with Gasteiger partial charge in [-0.2, -0.15) is 11.8 Å². The highest BCUT2D eigenvalue weighted by molar-refractivity contribution is 7.98. The SMILES string of the molecule is CCC1(CSCc2ccccc2)c2ccccc2CN1C(C)=O. The van der Waals surface area contributed by atoms with E-state index >= 15 is 0 Å². The largest absolute Gasteiger partial charge is 0.328 e. The van der Waals surface area contributed by atoms with Gasteiger partial charge in [-0.05, 0) is 23.1 Å². The molecule has 1 amide bonds. The summed E-state index contributed by atoms with van der Waals surface area (Å²) in [5, 5.41) is 0. The summed E-state index contributed by atoms with van der Waals surface area (Å²) in [6, 6.07) is 19.1. The fraction of sp³-hybridized carbons (Fsp3) is 0.350. The fourth-order valence-electron chi connectivity index (χ4n) is 3.54. The molecule has 0 radical (unpaired) electrons. The molecule has 0 saturated heterocycles. The molecule has 0 spiro atoms. The average molecular weight is 325 g/mol. The number of benzene rings is 2. The summed E-state index contributed by atoms with van der Waals surface area (Å²) < 4.78 is 0. The minimum absolute atomic E-state index is 0.165. The Labute approximate surface area is 142 Å². The highest BCUT2D eigenvalue weighted by Crippen LogP contribution is 2.44. The van der Waals surface area contributed by atoms with E-state index in [2.05, 4.69) is 60.4 Å². The lowest BCUT2D eigenvalue weighted by Gasteiger charge is -2.38. The van der Waals surface area contributed by atoms with Gasteiger partial charge >= 0.3 is 0 Å². The number of hydrogen-bond donors (Lipinski definition) is 0. The molecule has 1 heterocycles. The molecule has 1 aliphatic rings. The van der Waals surface area contributed by atoms with E-state index < -0.39 is 0 Å². The minimum atomic E-state index is -0.165. The topological polar surface area (TPSA) is 20.3 Å². The van der Waals surface area contributed by atoms with Crippen LogP contribution >= 0.6 is 11.8 Å². The monoisotopic (exact) mass is 325 g/mol. The molecule has 0 bridgehead atoms. The summed E-state index contributed by atoms with van der Waals surface area (Å²) in [5.74, 6) is 2.09. The van der Waals surface area contributed by atoms with Crippen LogP contribution in [0.2, 0.25) is 0 Å². The fourth-order valence-corrected chi connectivity index (χ4v) is 4.93. The molecule has 3 rings (SSSR count). The molecule has 3 heteroatoms. The molecule has 0 saturated carbocycles. The zero-order valence-electron chi connectivity index (χ0n) is 13.8. The molecular formula is C20H23NOS. The molecule has 2 aromatic rings. The van der Waals surface area contributed by atoms with Crippen LogP contribution in [-0.4, -0.2) is 16.6 Å². The lowest BCUT2D eigenvalue weighted by Crippen LogP contribution is -2.45. The van der Waals surface area contributed by atoms with Crippen molar-refractivity contribution in [3.63, 3.8) is 0 Å². The van der Waals surface area contributed by atoms with Crippen LogP contribution in [0, 0.1) is 0 Å². The predicted molar refractivity (Wildman–Crippen MR) is 97.2 cm³/mol. The summed E-state index contributed by atoms with van der Waals surface area (Å²) in [6.45, 7) is 4.63. The van der Waals surface area contributed by atoms with E-state index in [-0.39, 0.29) is 11.4 Å². The van der Waals surface area contributed by atoms with Crippen molar-refractivity contribution in [3.05, 3.63) is 71.3 Å². The maximum Gasteiger partial charge on any atom is 0.220 e. The van der Waals surface area contributed by atoms with Crippen molar-refractivity contribution in [3.8, 4) is 0 Å². The van der Waals surface area contributed by atoms with Gasteiger partial charge in [0.25, 0.3) is 0 Å². The van der Waals surface area contributed by atoms with Crippen LogP contribution in [0.5, 0.6) is 0 Å². The van der Waals surface area contributed by atoms with Crippen LogP contribution < -0.4 is 0 Å². The Kier molecular flexibility index (Phi) is 4.76. The number of carbonyl (C=O) groups excluding carboxylic acids is 1. The van der Waals surface area contributed by atoms with Crippen molar-refractivity contribution >= 4 is 17.7 Å². The highest BCUT2D eigenvalue weighted by atomic mass is 32.2. The van der Waals surface area contributed by atoms with Crippen molar-refractivity contribution in [2.45, 2.75) is 38.1 Å². The van der Waals surface area contributed by atoms with Gasteiger partial charge in [0.15, 0.2) is 0 Å². The number of hydrogen-bond acceptors (Lipinski definition) is 2. The normalized spacial score (nSPS) is 19.7. The number of rotatable bonds is 5. The Bertz CT molecular complexity index is 685. The van der Waals surface area contributed by atoms with E-state index in [1.165, 1.54) is 16.7 Å².